The number of ether oxygens (including phenoxy) is 1. The molecule has 2 amide bonds. The molecule has 2 heterocycles. The van der Waals surface area contributed by atoms with Crippen molar-refractivity contribution in [1.29, 1.82) is 0 Å². The molecule has 0 fully saturated rings. The summed E-state index contributed by atoms with van der Waals surface area (Å²) in [7, 11) is 0. The van der Waals surface area contributed by atoms with E-state index in [4.69, 9.17) is 4.74 Å². The van der Waals surface area contributed by atoms with Gasteiger partial charge in [0.05, 0.1) is 23.1 Å². The first kappa shape index (κ1) is 16.1. The molecule has 0 saturated heterocycles. The van der Waals surface area contributed by atoms with Gasteiger partial charge in [0, 0.05) is 13.0 Å². The summed E-state index contributed by atoms with van der Waals surface area (Å²) in [5.74, 6) is 0.844. The average molecular weight is 350 g/mol. The van der Waals surface area contributed by atoms with Crippen molar-refractivity contribution >= 4 is 28.5 Å². The number of nitrogens with one attached hydrogen (secondary N) is 3. The maximum absolute atomic E-state index is 12.1. The van der Waals surface area contributed by atoms with Crippen LogP contribution in [0.15, 0.2) is 48.5 Å². The predicted molar refractivity (Wildman–Crippen MR) is 96.9 cm³/mol. The summed E-state index contributed by atoms with van der Waals surface area (Å²) >= 11 is 0. The molecule has 132 valence electrons. The number of carbonyl (C=O) groups is 2. The number of aromatic amines is 1. The monoisotopic (exact) mass is 350 g/mol. The third kappa shape index (κ3) is 3.37. The molecule has 1 aromatic heterocycles. The number of H-pyrrole nitrogens is 1. The zero-order valence-corrected chi connectivity index (χ0v) is 14.0. The Labute approximate surface area is 149 Å². The summed E-state index contributed by atoms with van der Waals surface area (Å²) in [5, 5.41) is 5.56. The fourth-order valence-corrected chi connectivity index (χ4v) is 2.91. The molecule has 0 radical (unpaired) electrons. The minimum atomic E-state index is -0.823. The topological polar surface area (TPSA) is 96.1 Å². The molecular formula is C19H18N4O3. The molecule has 2 aromatic carbocycles. The van der Waals surface area contributed by atoms with Gasteiger partial charge in [0.2, 0.25) is 5.91 Å². The number of amides is 2. The number of hydrogen-bond acceptors (Lipinski definition) is 4. The number of nitrogens with zero attached hydrogens (tertiary/aromatic N) is 1. The molecule has 0 saturated carbocycles. The molecule has 7 nitrogen and oxygen atoms in total. The van der Waals surface area contributed by atoms with Gasteiger partial charge in [-0.2, -0.15) is 0 Å². The number of hydrogen-bond donors (Lipinski definition) is 3. The van der Waals surface area contributed by atoms with Crippen molar-refractivity contribution in [3.8, 4) is 5.75 Å². The van der Waals surface area contributed by atoms with Crippen LogP contribution in [0.3, 0.4) is 0 Å². The number of aromatic nitrogens is 2. The molecule has 1 aliphatic heterocycles. The Morgan fingerprint density at radius 1 is 1.15 bits per heavy atom. The summed E-state index contributed by atoms with van der Waals surface area (Å²) in [4.78, 5) is 31.9. The van der Waals surface area contributed by atoms with Crippen LogP contribution in [0, 0.1) is 0 Å². The fraction of sp³-hybridized carbons (Fsp3) is 0.211. The highest BCUT2D eigenvalue weighted by atomic mass is 16.5. The summed E-state index contributed by atoms with van der Waals surface area (Å²) in [6, 6.07) is 14.9. The molecule has 3 aromatic rings. The number of benzene rings is 2. The number of rotatable bonds is 5. The Balaban J connectivity index is 1.29. The van der Waals surface area contributed by atoms with Gasteiger partial charge in [-0.15, -0.1) is 0 Å². The van der Waals surface area contributed by atoms with Crippen LogP contribution >= 0.6 is 0 Å². The van der Waals surface area contributed by atoms with Crippen LogP contribution in [0.5, 0.6) is 5.75 Å². The Kier molecular flexibility index (Phi) is 4.27. The Hall–Kier alpha value is -3.35. The van der Waals surface area contributed by atoms with E-state index in [0.29, 0.717) is 24.4 Å². The van der Waals surface area contributed by atoms with Crippen LogP contribution in [-0.4, -0.2) is 34.4 Å². The number of fused-ring (bicyclic) bond motifs is 2. The van der Waals surface area contributed by atoms with Crippen molar-refractivity contribution in [3.05, 3.63) is 54.4 Å². The van der Waals surface area contributed by atoms with E-state index in [1.54, 1.807) is 12.1 Å². The Morgan fingerprint density at radius 3 is 2.85 bits per heavy atom. The molecule has 0 bridgehead atoms. The number of para-hydroxylation sites is 4. The highest BCUT2D eigenvalue weighted by Gasteiger charge is 2.29. The molecule has 1 atom stereocenters. The highest BCUT2D eigenvalue weighted by Crippen LogP contribution is 2.29. The van der Waals surface area contributed by atoms with E-state index in [-0.39, 0.29) is 18.2 Å². The van der Waals surface area contributed by atoms with Gasteiger partial charge in [0.1, 0.15) is 11.6 Å². The summed E-state index contributed by atoms with van der Waals surface area (Å²) in [6.45, 7) is 0.434. The molecule has 0 aliphatic carbocycles. The van der Waals surface area contributed by atoms with Crippen molar-refractivity contribution in [2.75, 3.05) is 11.9 Å². The smallest absolute Gasteiger partial charge is 0.266 e. The van der Waals surface area contributed by atoms with Crippen LogP contribution in [0.2, 0.25) is 0 Å². The number of carbonyl (C=O) groups excluding carboxylic acids is 2. The van der Waals surface area contributed by atoms with Crippen LogP contribution in [0.4, 0.5) is 5.69 Å². The normalized spacial score (nSPS) is 15.8. The quantitative estimate of drug-likeness (QED) is 0.656. The maximum Gasteiger partial charge on any atom is 0.266 e. The lowest BCUT2D eigenvalue weighted by Gasteiger charge is -2.25. The summed E-state index contributed by atoms with van der Waals surface area (Å²) < 4.78 is 5.63. The van der Waals surface area contributed by atoms with Crippen molar-refractivity contribution in [3.63, 3.8) is 0 Å². The average Bonchev–Trinajstić information content (AvgIpc) is 3.05. The molecule has 26 heavy (non-hydrogen) atoms. The van der Waals surface area contributed by atoms with Gasteiger partial charge in [0.25, 0.3) is 5.91 Å². The van der Waals surface area contributed by atoms with Crippen molar-refractivity contribution < 1.29 is 14.3 Å². The van der Waals surface area contributed by atoms with Crippen molar-refractivity contribution in [2.45, 2.75) is 18.9 Å². The van der Waals surface area contributed by atoms with Gasteiger partial charge in [-0.05, 0) is 24.3 Å². The second-order valence-electron chi connectivity index (χ2n) is 6.10. The van der Waals surface area contributed by atoms with Gasteiger partial charge in [-0.1, -0.05) is 24.3 Å². The standard InChI is InChI=1S/C19H18N4O3/c24-18(11-16-19(25)23-14-7-3-4-8-15(14)26-16)20-10-9-17-21-12-5-1-2-6-13(12)22-17/h1-8,16H,9-11H2,(H,20,24)(H,21,22)(H,23,25)/t16-/m0/s1. The Bertz CT molecular complexity index is 933. The molecule has 1 aliphatic rings. The van der Waals surface area contributed by atoms with Gasteiger partial charge in [0.15, 0.2) is 6.10 Å². The second kappa shape index (κ2) is 6.87. The lowest BCUT2D eigenvalue weighted by atomic mass is 10.1. The summed E-state index contributed by atoms with van der Waals surface area (Å²) in [5.41, 5.74) is 2.50. The molecule has 0 unspecified atom stereocenters. The van der Waals surface area contributed by atoms with Crippen LogP contribution < -0.4 is 15.4 Å². The van der Waals surface area contributed by atoms with Gasteiger partial charge in [-0.25, -0.2) is 4.98 Å². The minimum absolute atomic E-state index is 0.0275. The third-order valence-corrected chi connectivity index (χ3v) is 4.20. The Morgan fingerprint density at radius 2 is 1.96 bits per heavy atom. The predicted octanol–water partition coefficient (Wildman–Crippen LogP) is 2.01. The fourth-order valence-electron chi connectivity index (χ4n) is 2.91. The van der Waals surface area contributed by atoms with E-state index >= 15 is 0 Å². The zero-order valence-electron chi connectivity index (χ0n) is 14.0. The van der Waals surface area contributed by atoms with E-state index in [2.05, 4.69) is 20.6 Å². The van der Waals surface area contributed by atoms with E-state index < -0.39 is 6.10 Å². The van der Waals surface area contributed by atoms with Crippen molar-refractivity contribution in [2.24, 2.45) is 0 Å². The molecular weight excluding hydrogens is 332 g/mol. The second-order valence-corrected chi connectivity index (χ2v) is 6.10. The van der Waals surface area contributed by atoms with Crippen LogP contribution in [0.25, 0.3) is 11.0 Å². The van der Waals surface area contributed by atoms with E-state index in [9.17, 15) is 9.59 Å². The van der Waals surface area contributed by atoms with Crippen molar-refractivity contribution in [1.82, 2.24) is 15.3 Å². The van der Waals surface area contributed by atoms with Gasteiger partial charge < -0.3 is 20.4 Å². The van der Waals surface area contributed by atoms with Crippen LogP contribution in [-0.2, 0) is 16.0 Å². The third-order valence-electron chi connectivity index (χ3n) is 4.20. The largest absolute Gasteiger partial charge is 0.478 e. The van der Waals surface area contributed by atoms with Gasteiger partial charge >= 0.3 is 0 Å². The van der Waals surface area contributed by atoms with E-state index in [1.165, 1.54) is 0 Å². The van der Waals surface area contributed by atoms with Crippen LogP contribution in [0.1, 0.15) is 12.2 Å². The first-order valence-corrected chi connectivity index (χ1v) is 8.46. The highest BCUT2D eigenvalue weighted by molar-refractivity contribution is 5.99. The zero-order chi connectivity index (χ0) is 17.9. The molecule has 0 spiro atoms. The minimum Gasteiger partial charge on any atom is -0.478 e. The number of imidazole rings is 1. The lowest BCUT2D eigenvalue weighted by Crippen LogP contribution is -2.41. The van der Waals surface area contributed by atoms with E-state index in [1.807, 2.05) is 36.4 Å². The summed E-state index contributed by atoms with van der Waals surface area (Å²) in [6.07, 6.45) is -0.266. The molecule has 3 N–H and O–H groups in total. The SMILES string of the molecule is O=C(C[C@@H]1Oc2ccccc2NC1=O)NCCc1nc2ccccc2[nH]1. The van der Waals surface area contributed by atoms with Gasteiger partial charge in [-0.3, -0.25) is 9.59 Å². The lowest BCUT2D eigenvalue weighted by molar-refractivity contribution is -0.130. The maximum atomic E-state index is 12.1. The first-order chi connectivity index (χ1) is 12.7. The first-order valence-electron chi connectivity index (χ1n) is 8.46. The molecule has 4 rings (SSSR count). The number of anilines is 1. The molecule has 7 heteroatoms. The van der Waals surface area contributed by atoms with E-state index in [0.717, 1.165) is 16.9 Å².